The fourth-order valence-electron chi connectivity index (χ4n) is 3.14. The Morgan fingerprint density at radius 3 is 2.71 bits per heavy atom. The predicted octanol–water partition coefficient (Wildman–Crippen LogP) is 2.65. The molecule has 1 aromatic carbocycles. The van der Waals surface area contributed by atoms with Crippen LogP contribution in [-0.4, -0.2) is 37.3 Å². The Bertz CT molecular complexity index is 714. The number of fused-ring (bicyclic) bond motifs is 1. The lowest BCUT2D eigenvalue weighted by Gasteiger charge is -2.32. The van der Waals surface area contributed by atoms with E-state index in [2.05, 4.69) is 5.32 Å². The monoisotopic (exact) mass is 405 g/mol. The third kappa shape index (κ3) is 3.52. The molecule has 1 aliphatic heterocycles. The topological polar surface area (TPSA) is 72.5 Å². The highest BCUT2D eigenvalue weighted by Crippen LogP contribution is 2.42. The number of likely N-dealkylation sites (N-methyl/N-ethyl adjacent to an activating group) is 1. The largest absolute Gasteiger partial charge is 0.760 e. The molecule has 9 heteroatoms. The smallest absolute Gasteiger partial charge is 0.234 e. The zero-order valence-corrected chi connectivity index (χ0v) is 15.8. The number of nitrogens with one attached hydrogen (secondary N) is 1. The molecule has 1 heterocycles. The van der Waals surface area contributed by atoms with Crippen molar-refractivity contribution < 1.29 is 13.6 Å². The van der Waals surface area contributed by atoms with Crippen LogP contribution in [0.1, 0.15) is 23.6 Å². The molecule has 4 unspecified atom stereocenters. The molecular formula is C15H15Cl2N2O3S2-. The predicted molar refractivity (Wildman–Crippen MR) is 96.2 cm³/mol. The number of hydrogen-bond acceptors (Lipinski definition) is 4. The van der Waals surface area contributed by atoms with Gasteiger partial charge in [-0.05, 0) is 24.6 Å². The number of carbonyl (C=O) groups is 1. The Labute approximate surface area is 157 Å². The number of carbonyl (C=O) groups excluding carboxylic acids is 1. The van der Waals surface area contributed by atoms with Gasteiger partial charge in [0.2, 0.25) is 5.91 Å². The summed E-state index contributed by atoms with van der Waals surface area (Å²) in [6, 6.07) is 6.88. The van der Waals surface area contributed by atoms with E-state index in [-0.39, 0.29) is 17.2 Å². The van der Waals surface area contributed by atoms with Crippen molar-refractivity contribution in [2.24, 2.45) is 0 Å². The number of benzene rings is 1. The van der Waals surface area contributed by atoms with Gasteiger partial charge < -0.3 is 9.87 Å². The minimum atomic E-state index is -2.38. The maximum Gasteiger partial charge on any atom is 0.234 e. The van der Waals surface area contributed by atoms with Crippen LogP contribution in [-0.2, 0) is 22.5 Å². The van der Waals surface area contributed by atoms with Crippen LogP contribution in [0, 0.1) is 0 Å². The van der Waals surface area contributed by atoms with Gasteiger partial charge >= 0.3 is 0 Å². The molecular weight excluding hydrogens is 391 g/mol. The van der Waals surface area contributed by atoms with Crippen molar-refractivity contribution in [3.63, 3.8) is 0 Å². The lowest BCUT2D eigenvalue weighted by Crippen LogP contribution is -2.46. The van der Waals surface area contributed by atoms with E-state index >= 15 is 0 Å². The lowest BCUT2D eigenvalue weighted by molar-refractivity contribution is -0.121. The summed E-state index contributed by atoms with van der Waals surface area (Å²) in [5, 5.41) is 3.09. The number of rotatable bonds is 4. The highest BCUT2D eigenvalue weighted by molar-refractivity contribution is 8.06. The summed E-state index contributed by atoms with van der Waals surface area (Å²) < 4.78 is 24.6. The zero-order chi connectivity index (χ0) is 17.4. The van der Waals surface area contributed by atoms with Crippen LogP contribution >= 0.6 is 35.0 Å². The van der Waals surface area contributed by atoms with Crippen molar-refractivity contribution >= 4 is 52.1 Å². The Balaban J connectivity index is 1.78. The lowest BCUT2D eigenvalue weighted by atomic mass is 10.1. The number of hydrogen-bond donors (Lipinski definition) is 1. The highest BCUT2D eigenvalue weighted by atomic mass is 35.5. The summed E-state index contributed by atoms with van der Waals surface area (Å²) in [6.45, 7) is 0. The molecule has 2 aliphatic rings. The SMILES string of the molecule is CN(C1c2ccccc2CC1NC(=O)C1CC(Cl)=C(Cl)S1)S(=O)[O-]. The van der Waals surface area contributed by atoms with Crippen LogP contribution in [0.4, 0.5) is 0 Å². The van der Waals surface area contributed by atoms with Crippen LogP contribution in [0.5, 0.6) is 0 Å². The maximum absolute atomic E-state index is 12.5. The quantitative estimate of drug-likeness (QED) is 0.781. The van der Waals surface area contributed by atoms with E-state index in [9.17, 15) is 13.6 Å². The number of halogens is 2. The Kier molecular flexibility index (Phi) is 5.58. The summed E-state index contributed by atoms with van der Waals surface area (Å²) >= 11 is 10.8. The standard InChI is InChI=1S/C15H16Cl2N2O3S2/c1-19(24(21)22)13-9-5-3-2-4-8(9)6-11(13)18-15(20)12-7-10(16)14(17)23-12/h2-5,11-13H,6-7H2,1H3,(H,18,20)(H,21,22)/p-1. The van der Waals surface area contributed by atoms with Gasteiger partial charge in [0.05, 0.1) is 21.7 Å². The Hall–Kier alpha value is -0.570. The van der Waals surface area contributed by atoms with Crippen LogP contribution in [0.25, 0.3) is 0 Å². The molecule has 1 aromatic rings. The van der Waals surface area contributed by atoms with Gasteiger partial charge in [0.1, 0.15) is 0 Å². The van der Waals surface area contributed by atoms with Gasteiger partial charge in [-0.15, -0.1) is 0 Å². The van der Waals surface area contributed by atoms with Crippen molar-refractivity contribution in [3.8, 4) is 0 Å². The second-order valence-electron chi connectivity index (χ2n) is 5.72. The molecule has 0 saturated heterocycles. The van der Waals surface area contributed by atoms with Gasteiger partial charge in [-0.3, -0.25) is 9.00 Å². The normalized spacial score (nSPS) is 27.5. The number of nitrogens with zero attached hydrogens (tertiary/aromatic N) is 1. The van der Waals surface area contributed by atoms with Crippen LogP contribution in [0.2, 0.25) is 0 Å². The van der Waals surface area contributed by atoms with Gasteiger partial charge in [0.15, 0.2) is 0 Å². The summed E-state index contributed by atoms with van der Waals surface area (Å²) in [6.07, 6.45) is 0.977. The Morgan fingerprint density at radius 1 is 1.38 bits per heavy atom. The minimum absolute atomic E-state index is 0.179. The molecule has 1 amide bonds. The van der Waals surface area contributed by atoms with E-state index in [4.69, 9.17) is 23.2 Å². The van der Waals surface area contributed by atoms with E-state index in [1.807, 2.05) is 24.3 Å². The maximum atomic E-state index is 12.5. The first-order valence-corrected chi connectivity index (χ1v) is 9.96. The number of allylic oxidation sites excluding steroid dienone is 1. The summed E-state index contributed by atoms with van der Waals surface area (Å²) in [5.74, 6) is -0.179. The van der Waals surface area contributed by atoms with Crippen LogP contribution < -0.4 is 5.32 Å². The van der Waals surface area contributed by atoms with E-state index < -0.39 is 17.3 Å². The molecule has 1 N–H and O–H groups in total. The van der Waals surface area contributed by atoms with Crippen molar-refractivity contribution in [2.45, 2.75) is 30.2 Å². The van der Waals surface area contributed by atoms with Crippen LogP contribution in [0.15, 0.2) is 33.7 Å². The summed E-state index contributed by atoms with van der Waals surface area (Å²) in [4.78, 5) is 12.5. The van der Waals surface area contributed by atoms with Gasteiger partial charge in [-0.1, -0.05) is 59.2 Å². The third-order valence-corrected chi connectivity index (χ3v) is 7.13. The van der Waals surface area contributed by atoms with E-state index in [1.54, 1.807) is 0 Å². The molecule has 0 aromatic heterocycles. The van der Waals surface area contributed by atoms with Gasteiger partial charge in [-0.25, -0.2) is 4.31 Å². The van der Waals surface area contributed by atoms with Crippen LogP contribution in [0.3, 0.4) is 0 Å². The van der Waals surface area contributed by atoms with Gasteiger partial charge in [0.25, 0.3) is 0 Å². The van der Waals surface area contributed by atoms with E-state index in [0.717, 1.165) is 11.1 Å². The molecule has 0 spiro atoms. The van der Waals surface area contributed by atoms with Gasteiger partial charge in [-0.2, -0.15) is 0 Å². The molecule has 4 atom stereocenters. The zero-order valence-electron chi connectivity index (χ0n) is 12.7. The molecule has 5 nitrogen and oxygen atoms in total. The summed E-state index contributed by atoms with van der Waals surface area (Å²) in [5.41, 5.74) is 1.96. The number of thioether (sulfide) groups is 1. The first-order valence-electron chi connectivity index (χ1n) is 7.29. The van der Waals surface area contributed by atoms with Gasteiger partial charge in [0, 0.05) is 22.7 Å². The second kappa shape index (κ2) is 7.35. The molecule has 0 fully saturated rings. The molecule has 3 rings (SSSR count). The molecule has 24 heavy (non-hydrogen) atoms. The Morgan fingerprint density at radius 2 is 2.08 bits per heavy atom. The molecule has 0 bridgehead atoms. The number of amides is 1. The van der Waals surface area contributed by atoms with Crippen molar-refractivity contribution in [3.05, 3.63) is 44.8 Å². The fraction of sp³-hybridized carbons (Fsp3) is 0.400. The molecule has 130 valence electrons. The average Bonchev–Trinajstić information content (AvgIpc) is 3.06. The fourth-order valence-corrected chi connectivity index (χ4v) is 5.25. The average molecular weight is 406 g/mol. The van der Waals surface area contributed by atoms with Crippen molar-refractivity contribution in [1.82, 2.24) is 9.62 Å². The molecule has 0 radical (unpaired) electrons. The van der Waals surface area contributed by atoms with E-state index in [1.165, 1.54) is 23.1 Å². The minimum Gasteiger partial charge on any atom is -0.760 e. The molecule has 1 aliphatic carbocycles. The summed E-state index contributed by atoms with van der Waals surface area (Å²) in [7, 11) is 1.51. The third-order valence-electron chi connectivity index (χ3n) is 4.27. The molecule has 0 saturated carbocycles. The second-order valence-corrected chi connectivity index (χ2v) is 9.00. The highest BCUT2D eigenvalue weighted by Gasteiger charge is 2.38. The first-order chi connectivity index (χ1) is 11.4. The van der Waals surface area contributed by atoms with Crippen molar-refractivity contribution in [1.29, 1.82) is 0 Å². The first kappa shape index (κ1) is 18.2. The van der Waals surface area contributed by atoms with E-state index in [0.29, 0.717) is 22.2 Å². The van der Waals surface area contributed by atoms with Crippen molar-refractivity contribution in [2.75, 3.05) is 7.05 Å².